The molecule has 1 saturated heterocycles. The molecular formula is C17H14F2N2O4S. The number of fused-ring (bicyclic) bond motifs is 1. The van der Waals surface area contributed by atoms with Crippen LogP contribution in [0.1, 0.15) is 22.5 Å². The van der Waals surface area contributed by atoms with E-state index in [1.165, 1.54) is 29.5 Å². The Morgan fingerprint density at radius 1 is 1.23 bits per heavy atom. The number of carbonyl (C=O) groups is 2. The summed E-state index contributed by atoms with van der Waals surface area (Å²) in [6.07, 6.45) is -2.44. The van der Waals surface area contributed by atoms with E-state index in [2.05, 4.69) is 14.8 Å². The van der Waals surface area contributed by atoms with Crippen LogP contribution in [0.25, 0.3) is 0 Å². The molecule has 136 valence electrons. The minimum atomic E-state index is -3.71. The van der Waals surface area contributed by atoms with E-state index < -0.39 is 12.3 Å². The largest absolute Gasteiger partial charge is 0.586 e. The topological polar surface area (TPSA) is 67.9 Å². The average molecular weight is 380 g/mol. The van der Waals surface area contributed by atoms with Gasteiger partial charge < -0.3 is 19.7 Å². The number of hydrogen-bond donors (Lipinski definition) is 1. The second-order valence-corrected chi connectivity index (χ2v) is 6.90. The van der Waals surface area contributed by atoms with E-state index in [9.17, 15) is 18.4 Å². The van der Waals surface area contributed by atoms with Crippen LogP contribution in [0.15, 0.2) is 35.7 Å². The van der Waals surface area contributed by atoms with Gasteiger partial charge in [-0.2, -0.15) is 0 Å². The second kappa shape index (κ2) is 6.24. The van der Waals surface area contributed by atoms with Gasteiger partial charge in [-0.3, -0.25) is 9.59 Å². The van der Waals surface area contributed by atoms with Crippen LogP contribution in [0.2, 0.25) is 0 Å². The van der Waals surface area contributed by atoms with Gasteiger partial charge in [-0.25, -0.2) is 0 Å². The van der Waals surface area contributed by atoms with E-state index >= 15 is 0 Å². The van der Waals surface area contributed by atoms with E-state index in [4.69, 9.17) is 0 Å². The van der Waals surface area contributed by atoms with Crippen LogP contribution in [0.4, 0.5) is 14.5 Å². The molecule has 4 rings (SSSR count). The van der Waals surface area contributed by atoms with Crippen LogP contribution >= 0.6 is 11.3 Å². The predicted octanol–water partition coefficient (Wildman–Crippen LogP) is 3.31. The lowest BCUT2D eigenvalue weighted by molar-refractivity contribution is -0.286. The summed E-state index contributed by atoms with van der Waals surface area (Å²) in [5.41, 5.74) is 0.297. The van der Waals surface area contributed by atoms with Crippen molar-refractivity contribution in [3.05, 3.63) is 40.6 Å². The summed E-state index contributed by atoms with van der Waals surface area (Å²) >= 11 is 1.32. The fourth-order valence-corrected chi connectivity index (χ4v) is 3.76. The molecule has 0 saturated carbocycles. The van der Waals surface area contributed by atoms with Crippen LogP contribution in [0, 0.1) is 0 Å². The zero-order valence-corrected chi connectivity index (χ0v) is 14.2. The van der Waals surface area contributed by atoms with Crippen molar-refractivity contribution in [2.24, 2.45) is 0 Å². The number of thiophene rings is 1. The molecule has 1 aromatic heterocycles. The smallest absolute Gasteiger partial charge is 0.395 e. The lowest BCUT2D eigenvalue weighted by Crippen LogP contribution is -2.42. The molecule has 6 nitrogen and oxygen atoms in total. The minimum absolute atomic E-state index is 0.0941. The average Bonchev–Trinajstić information content (AvgIpc) is 3.32. The molecule has 9 heteroatoms. The van der Waals surface area contributed by atoms with Gasteiger partial charge in [-0.1, -0.05) is 6.07 Å². The fraction of sp³-hybridized carbons (Fsp3) is 0.294. The van der Waals surface area contributed by atoms with Gasteiger partial charge in [0, 0.05) is 18.3 Å². The Morgan fingerprint density at radius 2 is 2.04 bits per heavy atom. The summed E-state index contributed by atoms with van der Waals surface area (Å²) in [6, 6.07) is 6.92. The Bertz CT molecular complexity index is 856. The SMILES string of the molecule is O=C(Nc1ccc2c(c1)OC(F)(F)O2)[C@@H]1CCCN1C(=O)c1cccs1. The highest BCUT2D eigenvalue weighted by molar-refractivity contribution is 7.12. The van der Waals surface area contributed by atoms with Gasteiger partial charge in [0.05, 0.1) is 4.88 Å². The maximum absolute atomic E-state index is 13.1. The predicted molar refractivity (Wildman–Crippen MR) is 89.7 cm³/mol. The molecule has 0 unspecified atom stereocenters. The summed E-state index contributed by atoms with van der Waals surface area (Å²) in [5.74, 6) is -0.782. The van der Waals surface area contributed by atoms with Crippen LogP contribution in [0.3, 0.4) is 0 Å². The van der Waals surface area contributed by atoms with Gasteiger partial charge in [-0.05, 0) is 36.4 Å². The van der Waals surface area contributed by atoms with Gasteiger partial charge in [0.25, 0.3) is 5.91 Å². The van der Waals surface area contributed by atoms with Crippen LogP contribution in [0.5, 0.6) is 11.5 Å². The molecule has 3 heterocycles. The number of alkyl halides is 2. The number of nitrogens with one attached hydrogen (secondary N) is 1. The number of halogens is 2. The van der Waals surface area contributed by atoms with Crippen LogP contribution in [-0.2, 0) is 4.79 Å². The molecular weight excluding hydrogens is 366 g/mol. The molecule has 2 aliphatic rings. The normalized spacial score (nSPS) is 20.2. The van der Waals surface area contributed by atoms with E-state index in [1.54, 1.807) is 22.4 Å². The van der Waals surface area contributed by atoms with Crippen molar-refractivity contribution >= 4 is 28.8 Å². The summed E-state index contributed by atoms with van der Waals surface area (Å²) in [5, 5.41) is 4.47. The number of nitrogens with zero attached hydrogens (tertiary/aromatic N) is 1. The van der Waals surface area contributed by atoms with Crippen molar-refractivity contribution in [2.45, 2.75) is 25.2 Å². The quantitative estimate of drug-likeness (QED) is 0.887. The third kappa shape index (κ3) is 3.10. The first-order chi connectivity index (χ1) is 12.4. The number of carbonyl (C=O) groups excluding carboxylic acids is 2. The Morgan fingerprint density at radius 3 is 2.81 bits per heavy atom. The third-order valence-electron chi connectivity index (χ3n) is 4.22. The van der Waals surface area contributed by atoms with Gasteiger partial charge >= 0.3 is 6.29 Å². The van der Waals surface area contributed by atoms with Crippen LogP contribution < -0.4 is 14.8 Å². The van der Waals surface area contributed by atoms with Gasteiger partial charge in [0.2, 0.25) is 5.91 Å². The fourth-order valence-electron chi connectivity index (χ4n) is 3.08. The van der Waals surface area contributed by atoms with Gasteiger partial charge in [0.1, 0.15) is 6.04 Å². The molecule has 1 fully saturated rings. The van der Waals surface area contributed by atoms with E-state index in [-0.39, 0.29) is 23.3 Å². The van der Waals surface area contributed by atoms with Crippen molar-refractivity contribution in [3.63, 3.8) is 0 Å². The maximum atomic E-state index is 13.1. The standard InChI is InChI=1S/C17H14F2N2O4S/c18-17(19)24-12-6-5-10(9-13(12)25-17)20-15(22)11-3-1-7-21(11)16(23)14-4-2-8-26-14/h2,4-6,8-9,11H,1,3,7H2,(H,20,22)/t11-/m0/s1. The molecule has 2 amide bonds. The summed E-state index contributed by atoms with van der Waals surface area (Å²) in [4.78, 5) is 27.3. The zero-order valence-electron chi connectivity index (χ0n) is 13.4. The minimum Gasteiger partial charge on any atom is -0.395 e. The number of amides is 2. The molecule has 0 radical (unpaired) electrons. The van der Waals surface area contributed by atoms with E-state index in [0.717, 1.165) is 6.42 Å². The van der Waals surface area contributed by atoms with Crippen molar-refractivity contribution in [2.75, 3.05) is 11.9 Å². The summed E-state index contributed by atoms with van der Waals surface area (Å²) in [6.45, 7) is 0.502. The highest BCUT2D eigenvalue weighted by Gasteiger charge is 2.43. The highest BCUT2D eigenvalue weighted by atomic mass is 32.1. The van der Waals surface area contributed by atoms with Crippen molar-refractivity contribution in [1.82, 2.24) is 4.90 Å². The van der Waals surface area contributed by atoms with Crippen LogP contribution in [-0.4, -0.2) is 35.6 Å². The van der Waals surface area contributed by atoms with Crippen molar-refractivity contribution < 1.29 is 27.8 Å². The molecule has 26 heavy (non-hydrogen) atoms. The summed E-state index contributed by atoms with van der Waals surface area (Å²) < 4.78 is 34.9. The number of hydrogen-bond acceptors (Lipinski definition) is 5. The molecule has 1 atom stereocenters. The van der Waals surface area contributed by atoms with E-state index in [1.807, 2.05) is 0 Å². The lowest BCUT2D eigenvalue weighted by atomic mass is 10.2. The Kier molecular flexibility index (Phi) is 4.03. The van der Waals surface area contributed by atoms with Gasteiger partial charge in [-0.15, -0.1) is 20.1 Å². The lowest BCUT2D eigenvalue weighted by Gasteiger charge is -2.23. The first-order valence-corrected chi connectivity index (χ1v) is 8.86. The molecule has 2 aromatic rings. The Hall–Kier alpha value is -2.68. The van der Waals surface area contributed by atoms with Crippen molar-refractivity contribution in [1.29, 1.82) is 0 Å². The van der Waals surface area contributed by atoms with Gasteiger partial charge in [0.15, 0.2) is 11.5 Å². The Balaban J connectivity index is 1.47. The molecule has 0 bridgehead atoms. The molecule has 2 aliphatic heterocycles. The highest BCUT2D eigenvalue weighted by Crippen LogP contribution is 2.42. The first-order valence-electron chi connectivity index (χ1n) is 7.98. The second-order valence-electron chi connectivity index (χ2n) is 5.95. The van der Waals surface area contributed by atoms with E-state index in [0.29, 0.717) is 23.5 Å². The number of ether oxygens (including phenoxy) is 2. The monoisotopic (exact) mass is 380 g/mol. The zero-order chi connectivity index (χ0) is 18.3. The number of rotatable bonds is 3. The maximum Gasteiger partial charge on any atom is 0.586 e. The number of benzene rings is 1. The third-order valence-corrected chi connectivity index (χ3v) is 5.07. The molecule has 1 N–H and O–H groups in total. The first kappa shape index (κ1) is 16.8. The molecule has 0 aliphatic carbocycles. The number of likely N-dealkylation sites (tertiary alicyclic amines) is 1. The molecule has 0 spiro atoms. The molecule has 1 aromatic carbocycles. The Labute approximate surface area is 151 Å². The summed E-state index contributed by atoms with van der Waals surface area (Å²) in [7, 11) is 0. The number of anilines is 1. The van der Waals surface area contributed by atoms with Crippen molar-refractivity contribution in [3.8, 4) is 11.5 Å².